The molecule has 1 aliphatic rings. The van der Waals surface area contributed by atoms with Crippen molar-refractivity contribution in [3.8, 4) is 0 Å². The van der Waals surface area contributed by atoms with E-state index in [1.165, 1.54) is 6.42 Å². The minimum Gasteiger partial charge on any atom is -0.340 e. The molecule has 1 amide bonds. The lowest BCUT2D eigenvalue weighted by atomic mass is 9.92. The Kier molecular flexibility index (Phi) is 4.33. The Labute approximate surface area is 92.5 Å². The number of carbonyl (C=O) groups is 1. The van der Waals surface area contributed by atoms with Crippen molar-refractivity contribution in [3.63, 3.8) is 0 Å². The van der Waals surface area contributed by atoms with Gasteiger partial charge in [0.15, 0.2) is 0 Å². The molecular weight excluding hydrogens is 188 g/mol. The maximum atomic E-state index is 12.1. The first-order chi connectivity index (χ1) is 7.02. The highest BCUT2D eigenvalue weighted by atomic mass is 16.2. The lowest BCUT2D eigenvalue weighted by molar-refractivity contribution is -0.133. The monoisotopic (exact) mass is 210 g/mol. The van der Waals surface area contributed by atoms with E-state index in [1.54, 1.807) is 4.90 Å². The van der Waals surface area contributed by atoms with Gasteiger partial charge in [0.2, 0.25) is 5.91 Å². The van der Waals surface area contributed by atoms with Crippen molar-refractivity contribution in [2.24, 2.45) is 5.92 Å². The van der Waals surface area contributed by atoms with Crippen LogP contribution in [0.1, 0.15) is 26.7 Å². The van der Waals surface area contributed by atoms with Crippen molar-refractivity contribution in [3.05, 3.63) is 12.2 Å². The van der Waals surface area contributed by atoms with E-state index in [0.29, 0.717) is 12.5 Å². The summed E-state index contributed by atoms with van der Waals surface area (Å²) in [6.45, 7) is 9.53. The van der Waals surface area contributed by atoms with Gasteiger partial charge in [-0.15, -0.1) is 0 Å². The lowest BCUT2D eigenvalue weighted by Crippen LogP contribution is -2.51. The average molecular weight is 210 g/mol. The standard InChI is InChI=1S/C12H22N2O/c1-9(2)8-14(4)12(15)11-10(3)6-5-7-13-11/h10-11,13H,1,5-8H2,2-4H3. The number of nitrogens with one attached hydrogen (secondary N) is 1. The first kappa shape index (κ1) is 12.2. The minimum atomic E-state index is 0.00287. The zero-order valence-corrected chi connectivity index (χ0v) is 10.0. The summed E-state index contributed by atoms with van der Waals surface area (Å²) in [6.07, 6.45) is 2.32. The molecule has 86 valence electrons. The third kappa shape index (κ3) is 3.34. The summed E-state index contributed by atoms with van der Waals surface area (Å²) in [4.78, 5) is 13.8. The normalized spacial score (nSPS) is 26.1. The Balaban J connectivity index is 2.54. The van der Waals surface area contributed by atoms with E-state index in [1.807, 2.05) is 14.0 Å². The van der Waals surface area contributed by atoms with Crippen molar-refractivity contribution in [2.75, 3.05) is 20.1 Å². The molecule has 3 nitrogen and oxygen atoms in total. The van der Waals surface area contributed by atoms with Gasteiger partial charge in [0.05, 0.1) is 6.04 Å². The Hall–Kier alpha value is -0.830. The second-order valence-electron chi connectivity index (χ2n) is 4.70. The fourth-order valence-corrected chi connectivity index (χ4v) is 2.10. The first-order valence-electron chi connectivity index (χ1n) is 5.65. The van der Waals surface area contributed by atoms with Crippen LogP contribution in [0.5, 0.6) is 0 Å². The number of nitrogens with zero attached hydrogens (tertiary/aromatic N) is 1. The number of carbonyl (C=O) groups excluding carboxylic acids is 1. The highest BCUT2D eigenvalue weighted by molar-refractivity contribution is 5.82. The summed E-state index contributed by atoms with van der Waals surface area (Å²) in [5, 5.41) is 3.30. The van der Waals surface area contributed by atoms with Crippen molar-refractivity contribution < 1.29 is 4.79 Å². The molecule has 3 heteroatoms. The van der Waals surface area contributed by atoms with Crippen LogP contribution >= 0.6 is 0 Å². The molecule has 1 saturated heterocycles. The van der Waals surface area contributed by atoms with Crippen LogP contribution in [0.15, 0.2) is 12.2 Å². The molecule has 1 aliphatic heterocycles. The molecule has 1 rings (SSSR count). The Morgan fingerprint density at radius 3 is 2.80 bits per heavy atom. The summed E-state index contributed by atoms with van der Waals surface area (Å²) < 4.78 is 0. The number of hydrogen-bond acceptors (Lipinski definition) is 2. The molecule has 1 fully saturated rings. The highest BCUT2D eigenvalue weighted by Crippen LogP contribution is 2.17. The third-order valence-electron chi connectivity index (χ3n) is 2.92. The second kappa shape index (κ2) is 5.31. The van der Waals surface area contributed by atoms with E-state index in [4.69, 9.17) is 0 Å². The van der Waals surface area contributed by atoms with Gasteiger partial charge in [-0.25, -0.2) is 0 Å². The lowest BCUT2D eigenvalue weighted by Gasteiger charge is -2.32. The number of rotatable bonds is 3. The van der Waals surface area contributed by atoms with Crippen LogP contribution < -0.4 is 5.32 Å². The van der Waals surface area contributed by atoms with Gasteiger partial charge in [-0.05, 0) is 32.2 Å². The average Bonchev–Trinajstić information content (AvgIpc) is 2.16. The summed E-state index contributed by atoms with van der Waals surface area (Å²) >= 11 is 0. The van der Waals surface area contributed by atoms with Gasteiger partial charge in [-0.3, -0.25) is 4.79 Å². The third-order valence-corrected chi connectivity index (χ3v) is 2.92. The molecule has 1 heterocycles. The zero-order chi connectivity index (χ0) is 11.4. The van der Waals surface area contributed by atoms with Crippen LogP contribution in [0.25, 0.3) is 0 Å². The van der Waals surface area contributed by atoms with Gasteiger partial charge in [0.1, 0.15) is 0 Å². The predicted molar refractivity (Wildman–Crippen MR) is 62.6 cm³/mol. The topological polar surface area (TPSA) is 32.3 Å². The van der Waals surface area contributed by atoms with E-state index >= 15 is 0 Å². The van der Waals surface area contributed by atoms with E-state index in [2.05, 4.69) is 18.8 Å². The first-order valence-corrected chi connectivity index (χ1v) is 5.65. The van der Waals surface area contributed by atoms with E-state index in [0.717, 1.165) is 18.5 Å². The van der Waals surface area contributed by atoms with Crippen LogP contribution in [0.3, 0.4) is 0 Å². The quantitative estimate of drug-likeness (QED) is 0.714. The molecule has 0 aromatic heterocycles. The number of hydrogen-bond donors (Lipinski definition) is 1. The maximum Gasteiger partial charge on any atom is 0.240 e. The van der Waals surface area contributed by atoms with Crippen LogP contribution in [0.4, 0.5) is 0 Å². The smallest absolute Gasteiger partial charge is 0.240 e. The highest BCUT2D eigenvalue weighted by Gasteiger charge is 2.29. The van der Waals surface area contributed by atoms with Crippen molar-refractivity contribution >= 4 is 5.91 Å². The zero-order valence-electron chi connectivity index (χ0n) is 10.0. The van der Waals surface area contributed by atoms with Gasteiger partial charge < -0.3 is 10.2 Å². The molecule has 0 saturated carbocycles. The molecule has 2 atom stereocenters. The fraction of sp³-hybridized carbons (Fsp3) is 0.750. The fourth-order valence-electron chi connectivity index (χ4n) is 2.10. The molecule has 2 unspecified atom stereocenters. The number of amides is 1. The second-order valence-corrected chi connectivity index (χ2v) is 4.70. The van der Waals surface area contributed by atoms with Crippen molar-refractivity contribution in [2.45, 2.75) is 32.7 Å². The van der Waals surface area contributed by atoms with Crippen molar-refractivity contribution in [1.82, 2.24) is 10.2 Å². The SMILES string of the molecule is C=C(C)CN(C)C(=O)C1NCCCC1C. The molecule has 0 radical (unpaired) electrons. The van der Waals surface area contributed by atoms with Gasteiger partial charge in [0.25, 0.3) is 0 Å². The van der Waals surface area contributed by atoms with Gasteiger partial charge >= 0.3 is 0 Å². The minimum absolute atomic E-state index is 0.00287. The molecule has 0 aromatic rings. The summed E-state index contributed by atoms with van der Waals surface area (Å²) in [5.74, 6) is 0.643. The number of likely N-dealkylation sites (N-methyl/N-ethyl adjacent to an activating group) is 1. The van der Waals surface area contributed by atoms with Gasteiger partial charge in [-0.2, -0.15) is 0 Å². The Bertz CT molecular complexity index is 250. The Morgan fingerprint density at radius 2 is 2.27 bits per heavy atom. The largest absolute Gasteiger partial charge is 0.340 e. The summed E-state index contributed by atoms with van der Waals surface area (Å²) in [5.41, 5.74) is 1.02. The van der Waals surface area contributed by atoms with Crippen molar-refractivity contribution in [1.29, 1.82) is 0 Å². The van der Waals surface area contributed by atoms with Gasteiger partial charge in [0, 0.05) is 13.6 Å². The van der Waals surface area contributed by atoms with Crippen LogP contribution in [0, 0.1) is 5.92 Å². The van der Waals surface area contributed by atoms with Crippen LogP contribution in [-0.2, 0) is 4.79 Å². The molecular formula is C12H22N2O. The number of piperidine rings is 1. The maximum absolute atomic E-state index is 12.1. The van der Waals surface area contributed by atoms with E-state index in [9.17, 15) is 4.79 Å². The molecule has 0 bridgehead atoms. The van der Waals surface area contributed by atoms with Gasteiger partial charge in [-0.1, -0.05) is 19.1 Å². The molecule has 1 N–H and O–H groups in total. The van der Waals surface area contributed by atoms with Crippen LogP contribution in [-0.4, -0.2) is 37.0 Å². The Morgan fingerprint density at radius 1 is 1.60 bits per heavy atom. The van der Waals surface area contributed by atoms with Crippen LogP contribution in [0.2, 0.25) is 0 Å². The molecule has 0 spiro atoms. The summed E-state index contributed by atoms with van der Waals surface area (Å²) in [7, 11) is 1.85. The molecule has 0 aliphatic carbocycles. The van der Waals surface area contributed by atoms with E-state index in [-0.39, 0.29) is 11.9 Å². The van der Waals surface area contributed by atoms with E-state index < -0.39 is 0 Å². The summed E-state index contributed by atoms with van der Waals surface area (Å²) in [6, 6.07) is 0.00287. The predicted octanol–water partition coefficient (Wildman–Crippen LogP) is 1.41. The molecule has 0 aromatic carbocycles. The molecule has 15 heavy (non-hydrogen) atoms.